The Kier molecular flexibility index (Phi) is 2.31. The van der Waals surface area contributed by atoms with Crippen LogP contribution in [0.2, 0.25) is 0 Å². The summed E-state index contributed by atoms with van der Waals surface area (Å²) in [5, 5.41) is 1.20. The molecule has 2 rings (SSSR count). The number of benzene rings is 1. The van der Waals surface area contributed by atoms with Crippen LogP contribution in [0.4, 0.5) is 0 Å². The summed E-state index contributed by atoms with van der Waals surface area (Å²) in [7, 11) is 1.81. The van der Waals surface area contributed by atoms with Crippen LogP contribution in [0.25, 0.3) is 12.2 Å². The van der Waals surface area contributed by atoms with Gasteiger partial charge in [0.2, 0.25) is 0 Å². The van der Waals surface area contributed by atoms with Crippen molar-refractivity contribution < 1.29 is 8.85 Å². The van der Waals surface area contributed by atoms with Crippen molar-refractivity contribution in [3.63, 3.8) is 0 Å². The Morgan fingerprint density at radius 1 is 1.00 bits per heavy atom. The molecule has 0 aromatic heterocycles. The third kappa shape index (κ3) is 1.46. The zero-order valence-corrected chi connectivity index (χ0v) is 8.94. The smallest absolute Gasteiger partial charge is 0.355 e. The Morgan fingerprint density at radius 2 is 1.69 bits per heavy atom. The molecule has 1 aliphatic rings. The highest BCUT2D eigenvalue weighted by Crippen LogP contribution is 2.21. The Labute approximate surface area is 79.6 Å². The molecule has 0 spiro atoms. The summed E-state index contributed by atoms with van der Waals surface area (Å²) in [6.45, 7) is 0. The molecule has 1 aromatic carbocycles. The van der Waals surface area contributed by atoms with E-state index in [1.54, 1.807) is 14.2 Å². The lowest BCUT2D eigenvalue weighted by Crippen LogP contribution is -2.35. The summed E-state index contributed by atoms with van der Waals surface area (Å²) >= 11 is 0. The van der Waals surface area contributed by atoms with Crippen molar-refractivity contribution >= 4 is 26.6 Å². The van der Waals surface area contributed by atoms with Gasteiger partial charge < -0.3 is 8.85 Å². The summed E-state index contributed by atoms with van der Waals surface area (Å²) in [5.41, 5.74) is 2.60. The van der Waals surface area contributed by atoms with Crippen LogP contribution in [0.3, 0.4) is 0 Å². The van der Waals surface area contributed by atoms with Crippen molar-refractivity contribution in [3.8, 4) is 0 Å². The second-order valence-corrected chi connectivity index (χ2v) is 5.30. The van der Waals surface area contributed by atoms with Gasteiger partial charge in [-0.25, -0.2) is 0 Å². The Hall–Kier alpha value is -0.903. The molecule has 1 aromatic rings. The van der Waals surface area contributed by atoms with E-state index in [9.17, 15) is 0 Å². The van der Waals surface area contributed by atoms with E-state index in [1.807, 2.05) is 0 Å². The summed E-state index contributed by atoms with van der Waals surface area (Å²) < 4.78 is 10.6. The van der Waals surface area contributed by atoms with Crippen molar-refractivity contribution in [1.82, 2.24) is 0 Å². The van der Waals surface area contributed by atoms with Crippen LogP contribution < -0.4 is 5.19 Å². The lowest BCUT2D eigenvalue weighted by Gasteiger charge is -2.15. The van der Waals surface area contributed by atoms with Crippen LogP contribution in [0.5, 0.6) is 0 Å². The fourth-order valence-electron chi connectivity index (χ4n) is 1.49. The molecule has 0 fully saturated rings. The second kappa shape index (κ2) is 3.45. The van der Waals surface area contributed by atoms with Gasteiger partial charge in [0, 0.05) is 14.2 Å². The molecule has 0 radical (unpaired) electrons. The van der Waals surface area contributed by atoms with Crippen LogP contribution in [-0.2, 0) is 8.85 Å². The van der Waals surface area contributed by atoms with Gasteiger partial charge in [-0.05, 0) is 16.3 Å². The van der Waals surface area contributed by atoms with Gasteiger partial charge in [0.15, 0.2) is 0 Å². The zero-order valence-electron chi connectivity index (χ0n) is 7.78. The molecular formula is C10H12O2Si. The minimum atomic E-state index is -1.60. The highest BCUT2D eigenvalue weighted by Gasteiger charge is 2.15. The molecule has 1 aliphatic carbocycles. The standard InChI is InChI=1S/C10H12O2Si/c1-11-13(12-2)10-6-5-8-3-4-9(8)7-10/h3-7,13H,1-2H3. The van der Waals surface area contributed by atoms with Gasteiger partial charge in [-0.2, -0.15) is 0 Å². The number of rotatable bonds is 3. The second-order valence-electron chi connectivity index (χ2n) is 3.03. The summed E-state index contributed by atoms with van der Waals surface area (Å²) in [6.07, 6.45) is 4.21. The summed E-state index contributed by atoms with van der Waals surface area (Å²) in [6, 6.07) is 6.36. The normalized spacial score (nSPS) is 12.8. The van der Waals surface area contributed by atoms with Crippen LogP contribution in [0.1, 0.15) is 11.1 Å². The maximum Gasteiger partial charge on any atom is 0.355 e. The average molecular weight is 192 g/mol. The van der Waals surface area contributed by atoms with Crippen LogP contribution in [0, 0.1) is 0 Å². The van der Waals surface area contributed by atoms with E-state index < -0.39 is 9.28 Å². The topological polar surface area (TPSA) is 18.5 Å². The molecule has 0 heterocycles. The van der Waals surface area contributed by atoms with Gasteiger partial charge in [0.05, 0.1) is 0 Å². The number of hydrogen-bond donors (Lipinski definition) is 0. The van der Waals surface area contributed by atoms with Crippen molar-refractivity contribution in [3.05, 3.63) is 29.3 Å². The van der Waals surface area contributed by atoms with E-state index in [0.29, 0.717) is 0 Å². The first-order valence-corrected chi connectivity index (χ1v) is 5.75. The molecular weight excluding hydrogens is 180 g/mol. The lowest BCUT2D eigenvalue weighted by molar-refractivity contribution is 0.292. The number of hydrogen-bond acceptors (Lipinski definition) is 2. The molecule has 68 valence electrons. The zero-order chi connectivity index (χ0) is 9.26. The van der Waals surface area contributed by atoms with E-state index in [1.165, 1.54) is 16.3 Å². The fraction of sp³-hybridized carbons (Fsp3) is 0.200. The fourth-order valence-corrected chi connectivity index (χ4v) is 2.79. The molecule has 0 unspecified atom stereocenters. The SMILES string of the molecule is CO[SiH](OC)c1ccc2c(c1)C=C2. The van der Waals surface area contributed by atoms with E-state index in [-0.39, 0.29) is 0 Å². The van der Waals surface area contributed by atoms with E-state index >= 15 is 0 Å². The monoisotopic (exact) mass is 192 g/mol. The van der Waals surface area contributed by atoms with Crippen molar-refractivity contribution in [2.45, 2.75) is 0 Å². The Bertz CT molecular complexity index is 343. The molecule has 0 saturated heterocycles. The quantitative estimate of drug-likeness (QED) is 0.672. The van der Waals surface area contributed by atoms with Gasteiger partial charge in [-0.3, -0.25) is 0 Å². The van der Waals surface area contributed by atoms with Crippen molar-refractivity contribution in [2.24, 2.45) is 0 Å². The third-order valence-electron chi connectivity index (χ3n) is 2.25. The molecule has 0 atom stereocenters. The van der Waals surface area contributed by atoms with E-state index in [2.05, 4.69) is 30.4 Å². The highest BCUT2D eigenvalue weighted by molar-refractivity contribution is 6.61. The molecule has 3 heteroatoms. The van der Waals surface area contributed by atoms with E-state index in [4.69, 9.17) is 8.85 Å². The van der Waals surface area contributed by atoms with Crippen molar-refractivity contribution in [2.75, 3.05) is 14.2 Å². The van der Waals surface area contributed by atoms with E-state index in [0.717, 1.165) is 0 Å². The lowest BCUT2D eigenvalue weighted by atomic mass is 9.98. The first-order chi connectivity index (χ1) is 6.35. The van der Waals surface area contributed by atoms with Crippen molar-refractivity contribution in [1.29, 1.82) is 0 Å². The molecule has 0 N–H and O–H groups in total. The third-order valence-corrected chi connectivity index (χ3v) is 4.01. The van der Waals surface area contributed by atoms with Gasteiger partial charge >= 0.3 is 9.28 Å². The van der Waals surface area contributed by atoms with Gasteiger partial charge in [-0.1, -0.05) is 30.4 Å². The molecule has 0 saturated carbocycles. The maximum atomic E-state index is 5.30. The summed E-state index contributed by atoms with van der Waals surface area (Å²) in [5.74, 6) is 0. The van der Waals surface area contributed by atoms with Crippen LogP contribution in [-0.4, -0.2) is 23.5 Å². The summed E-state index contributed by atoms with van der Waals surface area (Å²) in [4.78, 5) is 0. The van der Waals surface area contributed by atoms with Crippen LogP contribution >= 0.6 is 0 Å². The van der Waals surface area contributed by atoms with Gasteiger partial charge in [-0.15, -0.1) is 0 Å². The maximum absolute atomic E-state index is 5.30. The number of fused-ring (bicyclic) bond motifs is 1. The molecule has 2 nitrogen and oxygen atoms in total. The molecule has 13 heavy (non-hydrogen) atoms. The first kappa shape index (κ1) is 8.68. The molecule has 0 bridgehead atoms. The minimum absolute atomic E-state index is 1.20. The first-order valence-electron chi connectivity index (χ1n) is 4.23. The molecule has 0 aliphatic heterocycles. The van der Waals surface area contributed by atoms with Gasteiger partial charge in [0.1, 0.15) is 0 Å². The predicted molar refractivity (Wildman–Crippen MR) is 56.2 cm³/mol. The largest absolute Gasteiger partial charge is 0.397 e. The van der Waals surface area contributed by atoms with Gasteiger partial charge in [0.25, 0.3) is 0 Å². The Balaban J connectivity index is 2.27. The minimum Gasteiger partial charge on any atom is -0.397 e. The van der Waals surface area contributed by atoms with Crippen LogP contribution in [0.15, 0.2) is 18.2 Å². The predicted octanol–water partition coefficient (Wildman–Crippen LogP) is 0.891. The molecule has 0 amide bonds. The average Bonchev–Trinajstić information content (AvgIpc) is 2.11. The highest BCUT2D eigenvalue weighted by atomic mass is 28.3. The Morgan fingerprint density at radius 3 is 2.15 bits per heavy atom.